The molecule has 0 heterocycles. The van der Waals surface area contributed by atoms with Crippen molar-refractivity contribution in [3.63, 3.8) is 0 Å². The van der Waals surface area contributed by atoms with Gasteiger partial charge >= 0.3 is 0 Å². The summed E-state index contributed by atoms with van der Waals surface area (Å²) < 4.78 is 12.2. The Kier molecular flexibility index (Phi) is 10.4. The number of nitrogens with one attached hydrogen (secondary N) is 1. The maximum absolute atomic E-state index is 12.2. The van der Waals surface area contributed by atoms with E-state index in [0.29, 0.717) is 5.70 Å². The van der Waals surface area contributed by atoms with Crippen LogP contribution in [0.25, 0.3) is 0 Å². The van der Waals surface area contributed by atoms with Crippen molar-refractivity contribution in [3.8, 4) is 0 Å². The van der Waals surface area contributed by atoms with Crippen LogP contribution >= 0.6 is 0 Å². The van der Waals surface area contributed by atoms with E-state index in [-0.39, 0.29) is 0 Å². The fraction of sp³-hybridized carbons (Fsp3) is 0.308. The molecule has 2 nitrogen and oxygen atoms in total. The third kappa shape index (κ3) is 8.94. The summed E-state index contributed by atoms with van der Waals surface area (Å²) in [5, 5.41) is 2.22. The molecule has 1 N–H and O–H groups in total. The highest BCUT2D eigenvalue weighted by atomic mass is 19.1. The van der Waals surface area contributed by atoms with Crippen molar-refractivity contribution in [2.75, 3.05) is 0 Å². The minimum absolute atomic E-state index is 0.309. The molecule has 90 valence electrons. The minimum atomic E-state index is -1.03. The monoisotopic (exact) mass is 225 g/mol. The predicted molar refractivity (Wildman–Crippen MR) is 67.4 cm³/mol. The van der Waals surface area contributed by atoms with Gasteiger partial charge in [0.2, 0.25) is 0 Å². The van der Waals surface area contributed by atoms with Crippen molar-refractivity contribution < 1.29 is 9.18 Å². The van der Waals surface area contributed by atoms with Gasteiger partial charge in [0.1, 0.15) is 0 Å². The quantitative estimate of drug-likeness (QED) is 0.561. The molecule has 0 aliphatic carbocycles. The van der Waals surface area contributed by atoms with Crippen LogP contribution in [-0.2, 0) is 4.79 Å². The molecule has 0 saturated carbocycles. The fourth-order valence-electron chi connectivity index (χ4n) is 0.592. The van der Waals surface area contributed by atoms with E-state index in [2.05, 4.69) is 25.1 Å². The van der Waals surface area contributed by atoms with Crippen LogP contribution in [0.15, 0.2) is 49.0 Å². The minimum Gasteiger partial charge on any atom is -0.321 e. The van der Waals surface area contributed by atoms with Gasteiger partial charge in [-0.05, 0) is 12.5 Å². The molecule has 0 rings (SSSR count). The molecular weight excluding hydrogens is 205 g/mol. The molecule has 0 saturated heterocycles. The molecule has 0 aromatic heterocycles. The molecule has 16 heavy (non-hydrogen) atoms. The van der Waals surface area contributed by atoms with Crippen molar-refractivity contribution in [2.24, 2.45) is 0 Å². The summed E-state index contributed by atoms with van der Waals surface area (Å²) in [5.74, 6) is -1.91. The Balaban J connectivity index is 0. The van der Waals surface area contributed by atoms with Crippen molar-refractivity contribution >= 4 is 5.91 Å². The Morgan fingerprint density at radius 3 is 2.12 bits per heavy atom. The van der Waals surface area contributed by atoms with Crippen LogP contribution in [0.1, 0.15) is 27.2 Å². The predicted octanol–water partition coefficient (Wildman–Crippen LogP) is 3.65. The molecule has 0 spiro atoms. The number of hydrogen-bond acceptors (Lipinski definition) is 1. The van der Waals surface area contributed by atoms with E-state index < -0.39 is 11.7 Å². The Labute approximate surface area is 97.2 Å². The average molecular weight is 225 g/mol. The maximum atomic E-state index is 12.2. The normalized spacial score (nSPS) is 9.00. The molecular formula is C13H20FNO. The lowest BCUT2D eigenvalue weighted by molar-refractivity contribution is -0.118. The number of allylic oxidation sites excluding steroid dienone is 3. The summed E-state index contributed by atoms with van der Waals surface area (Å²) in [6.07, 6.45) is 4.09. The summed E-state index contributed by atoms with van der Waals surface area (Å²) >= 11 is 0. The maximum Gasteiger partial charge on any atom is 0.283 e. The van der Waals surface area contributed by atoms with Crippen molar-refractivity contribution in [1.82, 2.24) is 5.32 Å². The van der Waals surface area contributed by atoms with Crippen LogP contribution < -0.4 is 5.32 Å². The van der Waals surface area contributed by atoms with E-state index >= 15 is 0 Å². The van der Waals surface area contributed by atoms with Gasteiger partial charge in [-0.25, -0.2) is 4.39 Å². The summed E-state index contributed by atoms with van der Waals surface area (Å²) in [4.78, 5) is 10.8. The smallest absolute Gasteiger partial charge is 0.283 e. The second kappa shape index (κ2) is 9.90. The van der Waals surface area contributed by atoms with Gasteiger partial charge in [-0.2, -0.15) is 0 Å². The first-order valence-corrected chi connectivity index (χ1v) is 5.18. The van der Waals surface area contributed by atoms with Gasteiger partial charge in [-0.15, -0.1) is 0 Å². The Bertz CT molecular complexity index is 303. The number of halogens is 1. The second-order valence-corrected chi connectivity index (χ2v) is 2.73. The second-order valence-electron chi connectivity index (χ2n) is 2.73. The van der Waals surface area contributed by atoms with Crippen LogP contribution in [0.2, 0.25) is 0 Å². The van der Waals surface area contributed by atoms with Gasteiger partial charge in [-0.3, -0.25) is 4.79 Å². The van der Waals surface area contributed by atoms with Crippen molar-refractivity contribution in [3.05, 3.63) is 49.0 Å². The van der Waals surface area contributed by atoms with Crippen LogP contribution in [0, 0.1) is 0 Å². The molecule has 3 heteroatoms. The molecule has 0 aromatic carbocycles. The number of rotatable bonds is 5. The van der Waals surface area contributed by atoms with Gasteiger partial charge in [0.25, 0.3) is 5.91 Å². The number of carbonyl (C=O) groups excluding carboxylic acids is 1. The molecule has 0 bridgehead atoms. The zero-order valence-corrected chi connectivity index (χ0v) is 10.3. The average Bonchev–Trinajstić information content (AvgIpc) is 2.28. The van der Waals surface area contributed by atoms with Crippen molar-refractivity contribution in [1.29, 1.82) is 0 Å². The molecule has 0 atom stereocenters. The molecule has 0 aliphatic rings. The number of carbonyl (C=O) groups is 1. The van der Waals surface area contributed by atoms with Crippen LogP contribution in [0.5, 0.6) is 0 Å². The highest BCUT2D eigenvalue weighted by Crippen LogP contribution is 2.01. The van der Waals surface area contributed by atoms with E-state index in [4.69, 9.17) is 0 Å². The van der Waals surface area contributed by atoms with E-state index in [1.54, 1.807) is 12.2 Å². The van der Waals surface area contributed by atoms with Gasteiger partial charge in [0.05, 0.1) is 0 Å². The third-order valence-electron chi connectivity index (χ3n) is 1.49. The first-order chi connectivity index (χ1) is 7.47. The Morgan fingerprint density at radius 2 is 1.75 bits per heavy atom. The topological polar surface area (TPSA) is 29.1 Å². The first-order valence-electron chi connectivity index (χ1n) is 5.18. The van der Waals surface area contributed by atoms with Crippen LogP contribution in [0.4, 0.5) is 4.39 Å². The summed E-state index contributed by atoms with van der Waals surface area (Å²) in [7, 11) is 0. The zero-order valence-electron chi connectivity index (χ0n) is 10.3. The number of amides is 1. The van der Waals surface area contributed by atoms with E-state index in [0.717, 1.165) is 12.0 Å². The number of hydrogen-bond donors (Lipinski definition) is 1. The third-order valence-corrected chi connectivity index (χ3v) is 1.49. The van der Waals surface area contributed by atoms with Gasteiger partial charge in [0, 0.05) is 5.70 Å². The van der Waals surface area contributed by atoms with Crippen molar-refractivity contribution in [2.45, 2.75) is 27.2 Å². The highest BCUT2D eigenvalue weighted by molar-refractivity contribution is 5.91. The Morgan fingerprint density at radius 1 is 1.25 bits per heavy atom. The van der Waals surface area contributed by atoms with Gasteiger partial charge in [-0.1, -0.05) is 52.2 Å². The molecule has 0 aliphatic heterocycles. The Hall–Kier alpha value is -1.64. The molecule has 0 aromatic rings. The lowest BCUT2D eigenvalue weighted by Crippen LogP contribution is -2.20. The van der Waals surface area contributed by atoms with E-state index in [1.807, 2.05) is 20.8 Å². The van der Waals surface area contributed by atoms with Gasteiger partial charge < -0.3 is 5.32 Å². The molecule has 0 radical (unpaired) electrons. The summed E-state index contributed by atoms with van der Waals surface area (Å²) in [6, 6.07) is 0. The molecule has 0 fully saturated rings. The standard InChI is InChI=1S/C11H14FNO.C2H6/c1-5-8(2)6-7-9(3)13-11(14)10(4)12;1-2/h6-7H,2-5H2,1H3,(H,13,14);1-2H3/b7-6-;. The molecule has 0 unspecified atom stereocenters. The largest absolute Gasteiger partial charge is 0.321 e. The fourth-order valence-corrected chi connectivity index (χ4v) is 0.592. The van der Waals surface area contributed by atoms with Gasteiger partial charge in [0.15, 0.2) is 5.83 Å². The molecule has 1 amide bonds. The first kappa shape index (κ1) is 16.8. The van der Waals surface area contributed by atoms with E-state index in [1.165, 1.54) is 0 Å². The van der Waals surface area contributed by atoms with Crippen LogP contribution in [0.3, 0.4) is 0 Å². The lowest BCUT2D eigenvalue weighted by atomic mass is 10.2. The summed E-state index contributed by atoms with van der Waals surface area (Å²) in [6.45, 7) is 16.1. The van der Waals surface area contributed by atoms with Crippen LogP contribution in [-0.4, -0.2) is 5.91 Å². The van der Waals surface area contributed by atoms with E-state index in [9.17, 15) is 9.18 Å². The summed E-state index contributed by atoms with van der Waals surface area (Å²) in [5.41, 5.74) is 1.21. The zero-order chi connectivity index (χ0) is 13.1. The highest BCUT2D eigenvalue weighted by Gasteiger charge is 2.04. The lowest BCUT2D eigenvalue weighted by Gasteiger charge is -2.01. The SMILES string of the molecule is C=C(/C=C\C(=C)NC(=O)C(=C)F)CC.CC.